The van der Waals surface area contributed by atoms with Crippen molar-refractivity contribution in [3.63, 3.8) is 0 Å². The fourth-order valence-electron chi connectivity index (χ4n) is 4.43. The average molecular weight is 457 g/mol. The van der Waals surface area contributed by atoms with E-state index in [4.69, 9.17) is 14.7 Å². The zero-order valence-corrected chi connectivity index (χ0v) is 18.8. The molecule has 0 atom stereocenters. The molecule has 1 amide bonds. The molecule has 35 heavy (non-hydrogen) atoms. The van der Waals surface area contributed by atoms with E-state index in [0.717, 1.165) is 38.1 Å². The van der Waals surface area contributed by atoms with Crippen molar-refractivity contribution in [2.24, 2.45) is 0 Å². The van der Waals surface area contributed by atoms with Gasteiger partial charge in [-0.15, -0.1) is 0 Å². The van der Waals surface area contributed by atoms with Crippen molar-refractivity contribution in [2.45, 2.75) is 0 Å². The summed E-state index contributed by atoms with van der Waals surface area (Å²) < 4.78 is 4.71. The van der Waals surface area contributed by atoms with Crippen LogP contribution in [0.25, 0.3) is 43.6 Å². The molecule has 1 aromatic heterocycles. The molecule has 0 aliphatic heterocycles. The van der Waals surface area contributed by atoms with Crippen molar-refractivity contribution in [1.82, 2.24) is 9.97 Å². The Bertz CT molecular complexity index is 1790. The van der Waals surface area contributed by atoms with E-state index in [1.165, 1.54) is 7.11 Å². The third kappa shape index (κ3) is 3.52. The lowest BCUT2D eigenvalue weighted by molar-refractivity contribution is 0.0600. The highest BCUT2D eigenvalue weighted by atomic mass is 16.5. The summed E-state index contributed by atoms with van der Waals surface area (Å²) >= 11 is 0. The smallest absolute Gasteiger partial charge is 0.337 e. The highest BCUT2D eigenvalue weighted by Gasteiger charge is 2.14. The monoisotopic (exact) mass is 457 g/mol. The number of rotatable bonds is 3. The standard InChI is InChI=1S/C29H19N3O3/c1-35-29(34)17-10-13-19(14-11-17)30-28(33)18-12-15-24-25(16-18)32-27-23-9-5-3-7-21(23)20-6-2-4-8-22(20)26(27)31-24/h2-16H,1H3,(H,30,33). The Kier molecular flexibility index (Phi) is 4.85. The minimum atomic E-state index is -0.427. The van der Waals surface area contributed by atoms with Gasteiger partial charge in [-0.2, -0.15) is 0 Å². The number of fused-ring (bicyclic) bond motifs is 7. The van der Waals surface area contributed by atoms with E-state index in [1.807, 2.05) is 30.3 Å². The molecular formula is C29H19N3O3. The van der Waals surface area contributed by atoms with Crippen LogP contribution in [0, 0.1) is 0 Å². The van der Waals surface area contributed by atoms with Crippen molar-refractivity contribution in [3.05, 3.63) is 102 Å². The number of amides is 1. The van der Waals surface area contributed by atoms with E-state index in [0.29, 0.717) is 22.3 Å². The van der Waals surface area contributed by atoms with Gasteiger partial charge in [0, 0.05) is 22.0 Å². The minimum absolute atomic E-state index is 0.275. The molecule has 1 heterocycles. The summed E-state index contributed by atoms with van der Waals surface area (Å²) in [6.45, 7) is 0. The topological polar surface area (TPSA) is 81.2 Å². The van der Waals surface area contributed by atoms with Crippen LogP contribution in [0.5, 0.6) is 0 Å². The maximum atomic E-state index is 12.9. The normalized spacial score (nSPS) is 11.2. The quantitative estimate of drug-likeness (QED) is 0.196. The molecule has 6 nitrogen and oxygen atoms in total. The van der Waals surface area contributed by atoms with E-state index >= 15 is 0 Å². The highest BCUT2D eigenvalue weighted by molar-refractivity contribution is 6.23. The Balaban J connectivity index is 1.43. The molecular weight excluding hydrogens is 438 g/mol. The average Bonchev–Trinajstić information content (AvgIpc) is 2.92. The zero-order valence-electron chi connectivity index (χ0n) is 18.8. The van der Waals surface area contributed by atoms with E-state index in [9.17, 15) is 9.59 Å². The van der Waals surface area contributed by atoms with Crippen LogP contribution >= 0.6 is 0 Å². The SMILES string of the molecule is COC(=O)c1ccc(NC(=O)c2ccc3nc4c5ccccc5c5ccccc5c4nc3c2)cc1. The summed E-state index contributed by atoms with van der Waals surface area (Å²) in [6, 6.07) is 28.2. The van der Waals surface area contributed by atoms with Crippen molar-refractivity contribution in [3.8, 4) is 0 Å². The number of hydrogen-bond acceptors (Lipinski definition) is 5. The van der Waals surface area contributed by atoms with Crippen molar-refractivity contribution in [1.29, 1.82) is 0 Å². The van der Waals surface area contributed by atoms with Gasteiger partial charge in [-0.1, -0.05) is 48.5 Å². The first-order valence-electron chi connectivity index (χ1n) is 11.1. The molecule has 6 rings (SSSR count). The number of nitrogens with zero attached hydrogens (tertiary/aromatic N) is 2. The molecule has 0 saturated heterocycles. The summed E-state index contributed by atoms with van der Waals surface area (Å²) in [4.78, 5) is 34.4. The number of methoxy groups -OCH3 is 1. The molecule has 0 unspecified atom stereocenters. The molecule has 5 aromatic carbocycles. The van der Waals surface area contributed by atoms with Crippen LogP contribution in [0.15, 0.2) is 91.0 Å². The summed E-state index contributed by atoms with van der Waals surface area (Å²) in [5.74, 6) is -0.702. The summed E-state index contributed by atoms with van der Waals surface area (Å²) in [7, 11) is 1.33. The lowest BCUT2D eigenvalue weighted by Crippen LogP contribution is -2.12. The number of carbonyl (C=O) groups excluding carboxylic acids is 2. The van der Waals surface area contributed by atoms with E-state index in [-0.39, 0.29) is 5.91 Å². The van der Waals surface area contributed by atoms with Crippen LogP contribution in [0.3, 0.4) is 0 Å². The predicted molar refractivity (Wildman–Crippen MR) is 138 cm³/mol. The van der Waals surface area contributed by atoms with Crippen LogP contribution in [0.1, 0.15) is 20.7 Å². The number of anilines is 1. The van der Waals surface area contributed by atoms with E-state index in [1.54, 1.807) is 36.4 Å². The summed E-state index contributed by atoms with van der Waals surface area (Å²) in [5, 5.41) is 7.19. The molecule has 1 N–H and O–H groups in total. The number of carbonyl (C=O) groups is 2. The van der Waals surface area contributed by atoms with Gasteiger partial charge in [-0.25, -0.2) is 14.8 Å². The molecule has 6 heteroatoms. The Labute approximate surface area is 200 Å². The van der Waals surface area contributed by atoms with Crippen LogP contribution in [-0.4, -0.2) is 29.0 Å². The molecule has 0 saturated carbocycles. The molecule has 6 aromatic rings. The fraction of sp³-hybridized carbons (Fsp3) is 0.0345. The number of nitrogens with one attached hydrogen (secondary N) is 1. The first kappa shape index (κ1) is 20.7. The molecule has 0 radical (unpaired) electrons. The van der Waals surface area contributed by atoms with Gasteiger partial charge in [0.1, 0.15) is 0 Å². The molecule has 168 valence electrons. The second-order valence-corrected chi connectivity index (χ2v) is 8.24. The van der Waals surface area contributed by atoms with Crippen molar-refractivity contribution < 1.29 is 14.3 Å². The fourth-order valence-corrected chi connectivity index (χ4v) is 4.43. The van der Waals surface area contributed by atoms with Crippen LogP contribution < -0.4 is 5.32 Å². The zero-order chi connectivity index (χ0) is 23.9. The Morgan fingerprint density at radius 3 is 1.80 bits per heavy atom. The number of esters is 1. The van der Waals surface area contributed by atoms with Gasteiger partial charge in [0.15, 0.2) is 0 Å². The molecule has 0 aliphatic carbocycles. The minimum Gasteiger partial charge on any atom is -0.465 e. The Morgan fingerprint density at radius 1 is 0.657 bits per heavy atom. The Hall–Kier alpha value is -4.84. The second-order valence-electron chi connectivity index (χ2n) is 8.24. The maximum Gasteiger partial charge on any atom is 0.337 e. The maximum absolute atomic E-state index is 12.9. The number of aromatic nitrogens is 2. The van der Waals surface area contributed by atoms with Crippen molar-refractivity contribution in [2.75, 3.05) is 12.4 Å². The van der Waals surface area contributed by atoms with Gasteiger partial charge in [-0.05, 0) is 53.2 Å². The van der Waals surface area contributed by atoms with E-state index in [2.05, 4.69) is 29.6 Å². The second kappa shape index (κ2) is 8.18. The van der Waals surface area contributed by atoms with Gasteiger partial charge in [0.25, 0.3) is 5.91 Å². The van der Waals surface area contributed by atoms with Crippen LogP contribution in [-0.2, 0) is 4.74 Å². The van der Waals surface area contributed by atoms with Gasteiger partial charge in [-0.3, -0.25) is 4.79 Å². The predicted octanol–water partition coefficient (Wildman–Crippen LogP) is 6.13. The Morgan fingerprint density at radius 2 is 1.20 bits per heavy atom. The number of benzene rings is 5. The lowest BCUT2D eigenvalue weighted by Gasteiger charge is -2.11. The first-order valence-corrected chi connectivity index (χ1v) is 11.1. The number of hydrogen-bond donors (Lipinski definition) is 1. The van der Waals surface area contributed by atoms with Crippen LogP contribution in [0.2, 0.25) is 0 Å². The molecule has 0 spiro atoms. The highest BCUT2D eigenvalue weighted by Crippen LogP contribution is 2.34. The molecule has 0 fully saturated rings. The summed E-state index contributed by atoms with van der Waals surface area (Å²) in [5.41, 5.74) is 4.47. The lowest BCUT2D eigenvalue weighted by atomic mass is 9.99. The third-order valence-corrected chi connectivity index (χ3v) is 6.14. The van der Waals surface area contributed by atoms with Gasteiger partial charge in [0.2, 0.25) is 0 Å². The van der Waals surface area contributed by atoms with E-state index < -0.39 is 5.97 Å². The first-order chi connectivity index (χ1) is 17.1. The summed E-state index contributed by atoms with van der Waals surface area (Å²) in [6.07, 6.45) is 0. The van der Waals surface area contributed by atoms with Gasteiger partial charge in [0.05, 0.1) is 34.7 Å². The number of ether oxygens (including phenoxy) is 1. The van der Waals surface area contributed by atoms with Gasteiger partial charge >= 0.3 is 5.97 Å². The van der Waals surface area contributed by atoms with Crippen LogP contribution in [0.4, 0.5) is 5.69 Å². The third-order valence-electron chi connectivity index (χ3n) is 6.14. The molecule has 0 bridgehead atoms. The van der Waals surface area contributed by atoms with Gasteiger partial charge < -0.3 is 10.1 Å². The molecule has 0 aliphatic rings. The van der Waals surface area contributed by atoms with Crippen molar-refractivity contribution >= 4 is 61.2 Å². The largest absolute Gasteiger partial charge is 0.465 e.